The Morgan fingerprint density at radius 3 is 1.89 bits per heavy atom. The Kier molecular flexibility index (Phi) is 11.9. The first-order chi connectivity index (χ1) is 25.7. The molecule has 0 aromatic carbocycles. The first-order valence-corrected chi connectivity index (χ1v) is 21.9. The molecule has 308 valence electrons. The van der Waals surface area contributed by atoms with E-state index in [9.17, 15) is 24.0 Å². The zero-order valence-corrected chi connectivity index (χ0v) is 35.4. The van der Waals surface area contributed by atoms with Crippen molar-refractivity contribution in [2.24, 2.45) is 57.0 Å². The number of amides is 3. The molecule has 10 heteroatoms. The van der Waals surface area contributed by atoms with E-state index >= 15 is 4.79 Å². The summed E-state index contributed by atoms with van der Waals surface area (Å²) in [7, 11) is 2.10. The number of carbonyl (C=O) groups is 6. The molecular formula is C45H72N4O6. The molecule has 3 amide bonds. The van der Waals surface area contributed by atoms with E-state index in [2.05, 4.69) is 39.6 Å². The number of hydrogen-bond donors (Lipinski definition) is 1. The average molecular weight is 765 g/mol. The van der Waals surface area contributed by atoms with Crippen molar-refractivity contribution in [3.8, 4) is 0 Å². The van der Waals surface area contributed by atoms with Gasteiger partial charge in [-0.05, 0) is 87.5 Å². The van der Waals surface area contributed by atoms with Gasteiger partial charge < -0.3 is 15.5 Å². The van der Waals surface area contributed by atoms with Crippen LogP contribution in [0.1, 0.15) is 151 Å². The normalized spacial score (nSPS) is 31.0. The number of ketones is 3. The van der Waals surface area contributed by atoms with Gasteiger partial charge in [0.1, 0.15) is 5.78 Å². The number of nitrogens with zero attached hydrogens (tertiary/aromatic N) is 3. The third-order valence-electron chi connectivity index (χ3n) is 16.8. The van der Waals surface area contributed by atoms with E-state index in [1.165, 1.54) is 0 Å². The maximum atomic E-state index is 15.1. The van der Waals surface area contributed by atoms with Crippen LogP contribution in [0.3, 0.4) is 0 Å². The van der Waals surface area contributed by atoms with Crippen LogP contribution in [0.5, 0.6) is 0 Å². The van der Waals surface area contributed by atoms with Crippen molar-refractivity contribution < 1.29 is 28.8 Å². The first-order valence-electron chi connectivity index (χ1n) is 21.9. The summed E-state index contributed by atoms with van der Waals surface area (Å²) >= 11 is 0. The highest BCUT2D eigenvalue weighted by molar-refractivity contribution is 6.36. The van der Waals surface area contributed by atoms with Crippen LogP contribution >= 0.6 is 0 Å². The molecular weight excluding hydrogens is 693 g/mol. The van der Waals surface area contributed by atoms with Crippen LogP contribution < -0.4 is 5.73 Å². The molecule has 1 unspecified atom stereocenters. The summed E-state index contributed by atoms with van der Waals surface area (Å²) in [5.74, 6) is -3.37. The number of Topliss-reactive ketones (excluding diaryl/α,β-unsaturated/α-hetero) is 3. The highest BCUT2D eigenvalue weighted by Gasteiger charge is 2.85. The summed E-state index contributed by atoms with van der Waals surface area (Å²) in [6.07, 6.45) is 12.6. The number of likely N-dealkylation sites (tertiary alicyclic amines) is 1. The van der Waals surface area contributed by atoms with Gasteiger partial charge in [-0.25, -0.2) is 0 Å². The molecule has 0 radical (unpaired) electrons. The van der Waals surface area contributed by atoms with Crippen LogP contribution in [0.15, 0.2) is 0 Å². The van der Waals surface area contributed by atoms with Crippen molar-refractivity contribution in [1.29, 1.82) is 0 Å². The molecule has 2 saturated heterocycles. The second kappa shape index (κ2) is 15.6. The number of nitrogens with two attached hydrogens (primary N) is 1. The van der Waals surface area contributed by atoms with Crippen LogP contribution in [0.25, 0.3) is 0 Å². The molecule has 2 aliphatic heterocycles. The van der Waals surface area contributed by atoms with Gasteiger partial charge in [-0.15, -0.1) is 0 Å². The van der Waals surface area contributed by atoms with Gasteiger partial charge in [0.15, 0.2) is 5.78 Å². The second-order valence-corrected chi connectivity index (χ2v) is 20.9. The lowest BCUT2D eigenvalue weighted by Gasteiger charge is -2.44. The van der Waals surface area contributed by atoms with Crippen molar-refractivity contribution in [3.05, 3.63) is 0 Å². The van der Waals surface area contributed by atoms with E-state index < -0.39 is 40.9 Å². The Hall–Kier alpha value is -2.62. The molecule has 6 fully saturated rings. The number of likely N-dealkylation sites (N-methyl/N-ethyl adjacent to an activating group) is 1. The lowest BCUT2D eigenvalue weighted by atomic mass is 9.73. The molecule has 2 spiro atoms. The Balaban J connectivity index is 1.24. The van der Waals surface area contributed by atoms with Gasteiger partial charge >= 0.3 is 0 Å². The topological polar surface area (TPSA) is 138 Å². The third-order valence-corrected chi connectivity index (χ3v) is 16.8. The molecule has 6 aliphatic rings. The number of rotatable bonds is 14. The molecule has 0 aromatic heterocycles. The molecule has 0 aromatic rings. The van der Waals surface area contributed by atoms with Gasteiger partial charge in [0.05, 0.1) is 6.04 Å². The predicted molar refractivity (Wildman–Crippen MR) is 212 cm³/mol. The summed E-state index contributed by atoms with van der Waals surface area (Å²) in [6.45, 7) is 16.6. The van der Waals surface area contributed by atoms with Crippen LogP contribution in [-0.4, -0.2) is 94.6 Å². The highest BCUT2D eigenvalue weighted by atomic mass is 16.2. The minimum absolute atomic E-state index is 0.0256. The summed E-state index contributed by atoms with van der Waals surface area (Å²) in [5, 5.41) is 0. The van der Waals surface area contributed by atoms with Crippen molar-refractivity contribution in [1.82, 2.24) is 14.7 Å². The highest BCUT2D eigenvalue weighted by Crippen LogP contribution is 2.88. The third kappa shape index (κ3) is 7.60. The number of hydrogen-bond acceptors (Lipinski definition) is 7. The lowest BCUT2D eigenvalue weighted by molar-refractivity contribution is -0.148. The van der Waals surface area contributed by atoms with Crippen molar-refractivity contribution >= 4 is 35.1 Å². The molecule has 2 N–H and O–H groups in total. The van der Waals surface area contributed by atoms with E-state index in [0.717, 1.165) is 70.6 Å². The molecule has 4 aliphatic carbocycles. The fourth-order valence-electron chi connectivity index (χ4n) is 12.4. The smallest absolute Gasteiger partial charge is 0.285 e. The molecule has 0 bridgehead atoms. The minimum Gasteiger partial charge on any atom is -0.363 e. The van der Waals surface area contributed by atoms with E-state index in [-0.39, 0.29) is 76.9 Å². The van der Waals surface area contributed by atoms with Gasteiger partial charge in [0.25, 0.3) is 5.91 Å². The van der Waals surface area contributed by atoms with Crippen LogP contribution in [-0.2, 0) is 28.8 Å². The van der Waals surface area contributed by atoms with E-state index in [4.69, 9.17) is 5.73 Å². The molecule has 7 atom stereocenters. The van der Waals surface area contributed by atoms with Crippen LogP contribution in [0.2, 0.25) is 0 Å². The monoisotopic (exact) mass is 765 g/mol. The van der Waals surface area contributed by atoms with Crippen molar-refractivity contribution in [2.45, 2.75) is 169 Å². The van der Waals surface area contributed by atoms with Gasteiger partial charge in [-0.1, -0.05) is 79.6 Å². The summed E-state index contributed by atoms with van der Waals surface area (Å²) in [6, 6.07) is -0.250. The Bertz CT molecular complexity index is 1510. The van der Waals surface area contributed by atoms with Crippen LogP contribution in [0, 0.1) is 51.2 Å². The number of fused-ring (bicyclic) bond motifs is 1. The number of piperazine rings is 1. The maximum absolute atomic E-state index is 15.1. The van der Waals surface area contributed by atoms with E-state index in [1.807, 2.05) is 25.7 Å². The maximum Gasteiger partial charge on any atom is 0.285 e. The van der Waals surface area contributed by atoms with E-state index in [0.29, 0.717) is 38.4 Å². The number of carbonyl (C=O) groups excluding carboxylic acids is 6. The van der Waals surface area contributed by atoms with Gasteiger partial charge in [0, 0.05) is 74.1 Å². The molecule has 10 nitrogen and oxygen atoms in total. The number of primary amides is 1. The SMILES string of the molecule is C[C@H]1CN(C(=O)[C@@H](CC(=O)C[C@H](C(=O)N2C[C@]3(C[C@H]2C(=O)CC(CC2CCC2)C(=O)C(N)=O)C(C)(C)C32CCC2)C(C)(C)C)C2CCCCC2)C[C@H](C)N1C. The Labute approximate surface area is 330 Å². The molecule has 6 rings (SSSR count). The second-order valence-electron chi connectivity index (χ2n) is 20.9. The largest absolute Gasteiger partial charge is 0.363 e. The Morgan fingerprint density at radius 1 is 0.782 bits per heavy atom. The quantitative estimate of drug-likeness (QED) is 0.203. The zero-order chi connectivity index (χ0) is 40.2. The van der Waals surface area contributed by atoms with Gasteiger partial charge in [0.2, 0.25) is 17.6 Å². The predicted octanol–water partition coefficient (Wildman–Crippen LogP) is 6.36. The van der Waals surface area contributed by atoms with Gasteiger partial charge in [-0.2, -0.15) is 0 Å². The summed E-state index contributed by atoms with van der Waals surface area (Å²) in [4.78, 5) is 89.7. The fraction of sp³-hybridized carbons (Fsp3) is 0.867. The zero-order valence-electron chi connectivity index (χ0n) is 35.4. The van der Waals surface area contributed by atoms with Crippen LogP contribution in [0.4, 0.5) is 0 Å². The standard InChI is InChI=1S/C45H72N4O6/c1-28-25-48(26-29(2)47(28)8)40(54)34(31-16-10-9-11-17-31)22-33(50)23-35(42(3,4)5)41(55)49-27-45(43(6,7)44(45)18-13-19-44)24-36(49)37(51)21-32(38(52)39(46)53)20-30-14-12-15-30/h28-32,34-36H,9-27H2,1-8H3,(H2,46,53)/t28-,29-,32?,34-,35+,36-,45+/m0/s1. The van der Waals surface area contributed by atoms with Gasteiger partial charge in [-0.3, -0.25) is 33.7 Å². The molecule has 55 heavy (non-hydrogen) atoms. The van der Waals surface area contributed by atoms with Crippen molar-refractivity contribution in [2.75, 3.05) is 26.7 Å². The molecule has 2 heterocycles. The molecule has 4 saturated carbocycles. The van der Waals surface area contributed by atoms with E-state index in [1.54, 1.807) is 4.90 Å². The first kappa shape index (κ1) is 42.0. The Morgan fingerprint density at radius 2 is 1.40 bits per heavy atom. The lowest BCUT2D eigenvalue weighted by Crippen LogP contribution is -2.58. The average Bonchev–Trinajstić information content (AvgIpc) is 3.30. The fourth-order valence-corrected chi connectivity index (χ4v) is 12.4. The summed E-state index contributed by atoms with van der Waals surface area (Å²) < 4.78 is 0. The van der Waals surface area contributed by atoms with Crippen molar-refractivity contribution in [3.63, 3.8) is 0 Å². The summed E-state index contributed by atoms with van der Waals surface area (Å²) in [5.41, 5.74) is 4.76. The minimum atomic E-state index is -1.00.